The molecule has 0 amide bonds. The molecule has 62 valence electrons. The Labute approximate surface area is 66.9 Å². The Morgan fingerprint density at radius 2 is 2.18 bits per heavy atom. The Morgan fingerprint density at radius 1 is 1.64 bits per heavy atom. The van der Waals surface area contributed by atoms with E-state index in [0.29, 0.717) is 12.0 Å². The minimum Gasteiger partial charge on any atom is -0.478 e. The molecule has 1 saturated carbocycles. The highest BCUT2D eigenvalue weighted by molar-refractivity contribution is 5.86. The van der Waals surface area contributed by atoms with E-state index >= 15 is 0 Å². The molecule has 2 nitrogen and oxygen atoms in total. The highest BCUT2D eigenvalue weighted by Gasteiger charge is 2.35. The summed E-state index contributed by atoms with van der Waals surface area (Å²) in [7, 11) is 0. The standard InChI is InChI=1S/C9H14O2/c1-3-7(8(10)11)6-9(2)4-5-9/h6H,3-5H2,1-2H3,(H,10,11)/b7-6+. The van der Waals surface area contributed by atoms with Gasteiger partial charge in [-0.2, -0.15) is 0 Å². The van der Waals surface area contributed by atoms with Gasteiger partial charge < -0.3 is 5.11 Å². The molecular weight excluding hydrogens is 140 g/mol. The normalized spacial score (nSPS) is 21.5. The third kappa shape index (κ3) is 2.07. The molecule has 0 aromatic rings. The second kappa shape index (κ2) is 2.68. The first kappa shape index (κ1) is 8.31. The van der Waals surface area contributed by atoms with Crippen LogP contribution in [0, 0.1) is 5.41 Å². The SMILES string of the molecule is CC/C(=C\C1(C)CC1)C(=O)O. The molecule has 1 rings (SSSR count). The maximum absolute atomic E-state index is 10.6. The van der Waals surface area contributed by atoms with Crippen LogP contribution in [0.3, 0.4) is 0 Å². The number of rotatable bonds is 3. The maximum Gasteiger partial charge on any atom is 0.331 e. The lowest BCUT2D eigenvalue weighted by Gasteiger charge is -2.02. The van der Waals surface area contributed by atoms with Gasteiger partial charge >= 0.3 is 5.97 Å². The van der Waals surface area contributed by atoms with Crippen LogP contribution in [0.4, 0.5) is 0 Å². The van der Waals surface area contributed by atoms with Gasteiger partial charge in [-0.3, -0.25) is 0 Å². The molecule has 0 aromatic carbocycles. The highest BCUT2D eigenvalue weighted by Crippen LogP contribution is 2.47. The van der Waals surface area contributed by atoms with Crippen LogP contribution in [0.2, 0.25) is 0 Å². The van der Waals surface area contributed by atoms with E-state index < -0.39 is 5.97 Å². The molecule has 0 radical (unpaired) electrons. The molecule has 0 spiro atoms. The zero-order valence-corrected chi connectivity index (χ0v) is 7.05. The quantitative estimate of drug-likeness (QED) is 0.633. The van der Waals surface area contributed by atoms with Gasteiger partial charge in [0.05, 0.1) is 0 Å². The average Bonchev–Trinajstić information content (AvgIpc) is 2.64. The van der Waals surface area contributed by atoms with Gasteiger partial charge in [-0.1, -0.05) is 19.9 Å². The van der Waals surface area contributed by atoms with Crippen LogP contribution in [-0.4, -0.2) is 11.1 Å². The Morgan fingerprint density at radius 3 is 2.45 bits per heavy atom. The van der Waals surface area contributed by atoms with Crippen molar-refractivity contribution in [1.82, 2.24) is 0 Å². The van der Waals surface area contributed by atoms with E-state index in [2.05, 4.69) is 6.92 Å². The Kier molecular flexibility index (Phi) is 2.03. The molecule has 0 aliphatic heterocycles. The van der Waals surface area contributed by atoms with E-state index in [0.717, 1.165) is 12.8 Å². The van der Waals surface area contributed by atoms with Crippen LogP contribution in [0.15, 0.2) is 11.6 Å². The van der Waals surface area contributed by atoms with Gasteiger partial charge in [0.1, 0.15) is 0 Å². The highest BCUT2D eigenvalue weighted by atomic mass is 16.4. The largest absolute Gasteiger partial charge is 0.478 e. The zero-order chi connectivity index (χ0) is 8.48. The number of carboxylic acids is 1. The molecule has 0 atom stereocenters. The van der Waals surface area contributed by atoms with E-state index in [9.17, 15) is 4.79 Å². The van der Waals surface area contributed by atoms with Gasteiger partial charge in [0.2, 0.25) is 0 Å². The Hall–Kier alpha value is -0.790. The summed E-state index contributed by atoms with van der Waals surface area (Å²) in [6.07, 6.45) is 4.83. The number of hydrogen-bond acceptors (Lipinski definition) is 1. The summed E-state index contributed by atoms with van der Waals surface area (Å²) in [4.78, 5) is 10.6. The van der Waals surface area contributed by atoms with E-state index in [1.54, 1.807) is 0 Å². The van der Waals surface area contributed by atoms with Crippen molar-refractivity contribution < 1.29 is 9.90 Å². The lowest BCUT2D eigenvalue weighted by molar-refractivity contribution is -0.132. The molecule has 0 unspecified atom stereocenters. The van der Waals surface area contributed by atoms with E-state index in [4.69, 9.17) is 5.11 Å². The second-order valence-corrected chi connectivity index (χ2v) is 3.48. The van der Waals surface area contributed by atoms with Gasteiger partial charge in [0.15, 0.2) is 0 Å². The first-order valence-electron chi connectivity index (χ1n) is 4.02. The number of carboxylic acid groups (broad SMARTS) is 1. The van der Waals surface area contributed by atoms with E-state index in [1.165, 1.54) is 0 Å². The summed E-state index contributed by atoms with van der Waals surface area (Å²) in [5, 5.41) is 8.70. The molecule has 0 saturated heterocycles. The van der Waals surface area contributed by atoms with E-state index in [1.807, 2.05) is 13.0 Å². The smallest absolute Gasteiger partial charge is 0.331 e. The van der Waals surface area contributed by atoms with Crippen LogP contribution in [-0.2, 0) is 4.79 Å². The monoisotopic (exact) mass is 154 g/mol. The summed E-state index contributed by atoms with van der Waals surface area (Å²) in [5.41, 5.74) is 0.772. The topological polar surface area (TPSA) is 37.3 Å². The van der Waals surface area contributed by atoms with Crippen LogP contribution in [0.5, 0.6) is 0 Å². The summed E-state index contributed by atoms with van der Waals surface area (Å²) in [5.74, 6) is -0.763. The van der Waals surface area contributed by atoms with Gasteiger partial charge in [0.25, 0.3) is 0 Å². The molecule has 11 heavy (non-hydrogen) atoms. The third-order valence-corrected chi connectivity index (χ3v) is 2.22. The summed E-state index contributed by atoms with van der Waals surface area (Å²) in [6.45, 7) is 3.98. The average molecular weight is 154 g/mol. The maximum atomic E-state index is 10.6. The summed E-state index contributed by atoms with van der Waals surface area (Å²) in [6, 6.07) is 0. The van der Waals surface area contributed by atoms with Crippen LogP contribution in [0.1, 0.15) is 33.1 Å². The fraction of sp³-hybridized carbons (Fsp3) is 0.667. The lowest BCUT2D eigenvalue weighted by atomic mass is 10.0. The van der Waals surface area contributed by atoms with Crippen molar-refractivity contribution in [1.29, 1.82) is 0 Å². The predicted octanol–water partition coefficient (Wildman–Crippen LogP) is 2.21. The number of allylic oxidation sites excluding steroid dienone is 1. The van der Waals surface area contributed by atoms with Crippen LogP contribution in [0.25, 0.3) is 0 Å². The molecule has 1 aliphatic rings. The molecular formula is C9H14O2. The third-order valence-electron chi connectivity index (χ3n) is 2.22. The first-order chi connectivity index (χ1) is 5.07. The van der Waals surface area contributed by atoms with Gasteiger partial charge in [0, 0.05) is 5.57 Å². The minimum atomic E-state index is -0.763. The molecule has 0 aromatic heterocycles. The fourth-order valence-corrected chi connectivity index (χ4v) is 1.08. The molecule has 0 bridgehead atoms. The van der Waals surface area contributed by atoms with Crippen LogP contribution < -0.4 is 0 Å². The van der Waals surface area contributed by atoms with Crippen molar-refractivity contribution in [2.24, 2.45) is 5.41 Å². The Bertz CT molecular complexity index is 200. The molecule has 1 aliphatic carbocycles. The lowest BCUT2D eigenvalue weighted by Crippen LogP contribution is -2.02. The van der Waals surface area contributed by atoms with Crippen molar-refractivity contribution in [2.45, 2.75) is 33.1 Å². The molecule has 2 heteroatoms. The van der Waals surface area contributed by atoms with Crippen molar-refractivity contribution in [3.63, 3.8) is 0 Å². The van der Waals surface area contributed by atoms with Crippen molar-refractivity contribution in [3.05, 3.63) is 11.6 Å². The first-order valence-corrected chi connectivity index (χ1v) is 4.02. The molecule has 1 fully saturated rings. The van der Waals surface area contributed by atoms with E-state index in [-0.39, 0.29) is 5.41 Å². The van der Waals surface area contributed by atoms with Crippen LogP contribution >= 0.6 is 0 Å². The number of hydrogen-bond donors (Lipinski definition) is 1. The van der Waals surface area contributed by atoms with Crippen molar-refractivity contribution >= 4 is 5.97 Å². The van der Waals surface area contributed by atoms with Crippen molar-refractivity contribution in [3.8, 4) is 0 Å². The molecule has 1 N–H and O–H groups in total. The fourth-order valence-electron chi connectivity index (χ4n) is 1.08. The summed E-state index contributed by atoms with van der Waals surface area (Å²) >= 11 is 0. The van der Waals surface area contributed by atoms with Gasteiger partial charge in [-0.15, -0.1) is 0 Å². The predicted molar refractivity (Wildman–Crippen MR) is 43.4 cm³/mol. The number of carbonyl (C=O) groups is 1. The zero-order valence-electron chi connectivity index (χ0n) is 7.05. The molecule has 0 heterocycles. The summed E-state index contributed by atoms with van der Waals surface area (Å²) < 4.78 is 0. The Balaban J connectivity index is 2.67. The van der Waals surface area contributed by atoms with Crippen molar-refractivity contribution in [2.75, 3.05) is 0 Å². The van der Waals surface area contributed by atoms with Gasteiger partial charge in [-0.25, -0.2) is 4.79 Å². The minimum absolute atomic E-state index is 0.212. The number of aliphatic carboxylic acids is 1. The van der Waals surface area contributed by atoms with Gasteiger partial charge in [-0.05, 0) is 24.7 Å². The second-order valence-electron chi connectivity index (χ2n) is 3.48.